The number of nitrogens with one attached hydrogen (secondary N) is 1. The van der Waals surface area contributed by atoms with Gasteiger partial charge in [0.15, 0.2) is 0 Å². The van der Waals surface area contributed by atoms with Gasteiger partial charge in [0.25, 0.3) is 0 Å². The minimum atomic E-state index is -4.39. The van der Waals surface area contributed by atoms with Gasteiger partial charge in [-0.25, -0.2) is 4.98 Å². The molecule has 166 valence electrons. The molecule has 2 aromatic heterocycles. The number of aromatic nitrogens is 2. The Hall–Kier alpha value is -2.19. The van der Waals surface area contributed by atoms with Crippen LogP contribution in [0, 0.1) is 11.3 Å². The zero-order chi connectivity index (χ0) is 21.5. The summed E-state index contributed by atoms with van der Waals surface area (Å²) in [6.07, 6.45) is 4.27. The molecule has 0 aromatic carbocycles. The molecule has 1 unspecified atom stereocenters. The summed E-state index contributed by atoms with van der Waals surface area (Å²) in [4.78, 5) is 12.8. The second kappa shape index (κ2) is 8.06. The van der Waals surface area contributed by atoms with E-state index in [1.54, 1.807) is 6.07 Å². The van der Waals surface area contributed by atoms with Crippen LogP contribution in [0.3, 0.4) is 0 Å². The molecule has 2 aliphatic heterocycles. The van der Waals surface area contributed by atoms with Crippen LogP contribution in [0.4, 0.5) is 18.9 Å². The van der Waals surface area contributed by atoms with Gasteiger partial charge in [0.1, 0.15) is 5.69 Å². The highest BCUT2D eigenvalue weighted by atomic mass is 19.4. The molecule has 1 aliphatic carbocycles. The molecule has 1 N–H and O–H groups in total. The van der Waals surface area contributed by atoms with Crippen molar-refractivity contribution in [2.75, 3.05) is 44.2 Å². The number of anilines is 1. The van der Waals surface area contributed by atoms with Crippen molar-refractivity contribution in [3.63, 3.8) is 0 Å². The second-order valence-corrected chi connectivity index (χ2v) is 9.29. The molecule has 5 rings (SSSR count). The normalized spacial score (nSPS) is 23.1. The summed E-state index contributed by atoms with van der Waals surface area (Å²) in [7, 11) is 0. The maximum absolute atomic E-state index is 12.8. The lowest BCUT2D eigenvalue weighted by Gasteiger charge is -2.62. The molecule has 5 nitrogen and oxygen atoms in total. The third kappa shape index (κ3) is 4.15. The second-order valence-electron chi connectivity index (χ2n) is 9.29. The molecule has 3 aliphatic rings. The summed E-state index contributed by atoms with van der Waals surface area (Å²) < 4.78 is 38.3. The maximum atomic E-state index is 12.8. The van der Waals surface area contributed by atoms with Crippen LogP contribution in [-0.4, -0.2) is 54.1 Å². The van der Waals surface area contributed by atoms with Gasteiger partial charge in [-0.2, -0.15) is 13.2 Å². The van der Waals surface area contributed by atoms with Gasteiger partial charge < -0.3 is 10.2 Å². The summed E-state index contributed by atoms with van der Waals surface area (Å²) in [5.41, 5.74) is 1.54. The zero-order valence-electron chi connectivity index (χ0n) is 17.5. The van der Waals surface area contributed by atoms with Gasteiger partial charge in [-0.15, -0.1) is 0 Å². The van der Waals surface area contributed by atoms with Crippen LogP contribution in [-0.2, 0) is 6.18 Å². The number of hydrogen-bond acceptors (Lipinski definition) is 5. The van der Waals surface area contributed by atoms with Gasteiger partial charge in [0.05, 0.1) is 11.9 Å². The lowest BCUT2D eigenvalue weighted by molar-refractivity contribution is -0.141. The van der Waals surface area contributed by atoms with Crippen LogP contribution in [0.15, 0.2) is 42.9 Å². The number of pyridine rings is 2. The maximum Gasteiger partial charge on any atom is 0.433 e. The predicted octanol–water partition coefficient (Wildman–Crippen LogP) is 3.75. The molecule has 0 amide bonds. The quantitative estimate of drug-likeness (QED) is 0.799. The molecular formula is C23H28F3N5. The molecule has 8 heteroatoms. The first-order valence-electron chi connectivity index (χ1n) is 11.1. The Morgan fingerprint density at radius 2 is 1.90 bits per heavy atom. The molecule has 2 saturated heterocycles. The van der Waals surface area contributed by atoms with E-state index in [1.165, 1.54) is 11.8 Å². The van der Waals surface area contributed by atoms with Crippen molar-refractivity contribution in [3.8, 4) is 0 Å². The molecule has 2 aromatic rings. The van der Waals surface area contributed by atoms with E-state index in [9.17, 15) is 13.2 Å². The van der Waals surface area contributed by atoms with Crippen LogP contribution < -0.4 is 10.2 Å². The number of hydrogen-bond donors (Lipinski definition) is 1. The Bertz CT molecular complexity index is 864. The first-order valence-corrected chi connectivity index (χ1v) is 11.1. The summed E-state index contributed by atoms with van der Waals surface area (Å²) in [5.74, 6) is 0.593. The fourth-order valence-corrected chi connectivity index (χ4v) is 5.70. The van der Waals surface area contributed by atoms with Crippen LogP contribution in [0.5, 0.6) is 0 Å². The van der Waals surface area contributed by atoms with Crippen molar-refractivity contribution in [1.29, 1.82) is 0 Å². The lowest BCUT2D eigenvalue weighted by atomic mass is 9.55. The number of nitrogens with zero attached hydrogens (tertiary/aromatic N) is 4. The third-order valence-corrected chi connectivity index (χ3v) is 7.09. The fourth-order valence-electron chi connectivity index (χ4n) is 5.70. The Morgan fingerprint density at radius 3 is 2.58 bits per heavy atom. The van der Waals surface area contributed by atoms with E-state index in [0.717, 1.165) is 70.3 Å². The summed E-state index contributed by atoms with van der Waals surface area (Å²) in [6.45, 7) is 6.03. The van der Waals surface area contributed by atoms with Gasteiger partial charge in [0, 0.05) is 56.6 Å². The van der Waals surface area contributed by atoms with Crippen molar-refractivity contribution >= 4 is 5.69 Å². The average molecular weight is 432 g/mol. The van der Waals surface area contributed by atoms with Crippen molar-refractivity contribution in [1.82, 2.24) is 20.2 Å². The summed E-state index contributed by atoms with van der Waals surface area (Å²) >= 11 is 0. The molecule has 1 atom stereocenters. The van der Waals surface area contributed by atoms with E-state index >= 15 is 0 Å². The number of rotatable bonds is 4. The molecule has 4 heterocycles. The molecule has 0 radical (unpaired) electrons. The average Bonchev–Trinajstić information content (AvgIpc) is 2.98. The van der Waals surface area contributed by atoms with Gasteiger partial charge in [0.2, 0.25) is 0 Å². The van der Waals surface area contributed by atoms with Gasteiger partial charge in [-0.05, 0) is 55.5 Å². The molecule has 3 fully saturated rings. The van der Waals surface area contributed by atoms with Crippen LogP contribution in [0.1, 0.15) is 36.6 Å². The summed E-state index contributed by atoms with van der Waals surface area (Å²) in [5, 5.41) is 3.49. The zero-order valence-corrected chi connectivity index (χ0v) is 17.5. The van der Waals surface area contributed by atoms with E-state index in [2.05, 4.69) is 31.2 Å². The summed E-state index contributed by atoms with van der Waals surface area (Å²) in [6, 6.07) is 7.23. The van der Waals surface area contributed by atoms with Crippen LogP contribution in [0.25, 0.3) is 0 Å². The minimum Gasteiger partial charge on any atom is -0.369 e. The van der Waals surface area contributed by atoms with Crippen molar-refractivity contribution in [3.05, 3.63) is 54.1 Å². The van der Waals surface area contributed by atoms with Gasteiger partial charge in [-0.3, -0.25) is 9.88 Å². The van der Waals surface area contributed by atoms with E-state index in [1.807, 2.05) is 18.5 Å². The topological polar surface area (TPSA) is 44.3 Å². The van der Waals surface area contributed by atoms with E-state index < -0.39 is 11.9 Å². The Kier molecular flexibility index (Phi) is 5.38. The van der Waals surface area contributed by atoms with E-state index in [-0.39, 0.29) is 5.41 Å². The molecule has 31 heavy (non-hydrogen) atoms. The highest BCUT2D eigenvalue weighted by Gasteiger charge is 2.55. The third-order valence-electron chi connectivity index (χ3n) is 7.09. The van der Waals surface area contributed by atoms with Crippen molar-refractivity contribution in [2.24, 2.45) is 11.3 Å². The smallest absolute Gasteiger partial charge is 0.369 e. The number of halogens is 3. The Labute approximate surface area is 180 Å². The largest absolute Gasteiger partial charge is 0.433 e. The highest BCUT2D eigenvalue weighted by Crippen LogP contribution is 2.57. The van der Waals surface area contributed by atoms with Crippen LogP contribution in [0.2, 0.25) is 0 Å². The molecule has 1 saturated carbocycles. The molecular weight excluding hydrogens is 403 g/mol. The van der Waals surface area contributed by atoms with Crippen molar-refractivity contribution < 1.29 is 13.2 Å². The monoisotopic (exact) mass is 431 g/mol. The van der Waals surface area contributed by atoms with E-state index in [4.69, 9.17) is 0 Å². The minimum absolute atomic E-state index is 0.290. The Morgan fingerprint density at radius 1 is 1.06 bits per heavy atom. The first kappa shape index (κ1) is 20.7. The molecule has 0 bridgehead atoms. The molecule has 1 spiro atoms. The standard InChI is InChI=1S/C23H28F3N5/c24-23(25,26)20-5-4-19(14-29-20)31-15-22(16-31)11-18(12-22)21(17-3-1-6-28-13-17)30-9-2-7-27-8-10-30/h1,3-6,13-14,18,21,27H,2,7-12,15-16H2. The first-order chi connectivity index (χ1) is 14.9. The predicted molar refractivity (Wildman–Crippen MR) is 113 cm³/mol. The van der Waals surface area contributed by atoms with Gasteiger partial charge >= 0.3 is 6.18 Å². The SMILES string of the molecule is FC(F)(F)c1ccc(N2CC3(CC(C(c4cccnc4)N4CCCNCC4)C3)C2)cn1. The lowest BCUT2D eigenvalue weighted by Crippen LogP contribution is -2.64. The van der Waals surface area contributed by atoms with Crippen LogP contribution >= 0.6 is 0 Å². The van der Waals surface area contributed by atoms with E-state index in [0.29, 0.717) is 12.0 Å². The fraction of sp³-hybridized carbons (Fsp3) is 0.565. The van der Waals surface area contributed by atoms with Gasteiger partial charge in [-0.1, -0.05) is 6.07 Å². The highest BCUT2D eigenvalue weighted by molar-refractivity contribution is 5.49. The van der Waals surface area contributed by atoms with Crippen molar-refractivity contribution in [2.45, 2.75) is 31.5 Å². The Balaban J connectivity index is 1.23. The number of alkyl halides is 3.